The predicted octanol–water partition coefficient (Wildman–Crippen LogP) is 1.07. The number of nitrogen functional groups attached to an aromatic ring is 1. The summed E-state index contributed by atoms with van der Waals surface area (Å²) in [6.45, 7) is 3.00. The van der Waals surface area contributed by atoms with E-state index in [0.717, 1.165) is 44.5 Å². The fourth-order valence-electron chi connectivity index (χ4n) is 4.05. The van der Waals surface area contributed by atoms with Crippen LogP contribution in [0.4, 0.5) is 5.95 Å². The first-order chi connectivity index (χ1) is 11.7. The van der Waals surface area contributed by atoms with Crippen molar-refractivity contribution >= 4 is 5.95 Å². The van der Waals surface area contributed by atoms with Crippen molar-refractivity contribution < 1.29 is 9.26 Å². The first kappa shape index (κ1) is 15.5. The van der Waals surface area contributed by atoms with Gasteiger partial charge in [0, 0.05) is 25.3 Å². The van der Waals surface area contributed by atoms with Crippen molar-refractivity contribution in [3.8, 4) is 0 Å². The Hall–Kier alpha value is -2.06. The van der Waals surface area contributed by atoms with Gasteiger partial charge >= 0.3 is 0 Å². The molecule has 8 heteroatoms. The molecule has 2 aliphatic rings. The van der Waals surface area contributed by atoms with Crippen LogP contribution in [0.5, 0.6) is 0 Å². The standard InChI is InChI=1S/C16H22N6O2/c1-23-9-12-19-13(24-21-12)8-22-6-2-4-16(10-22)5-3-11-7-18-15(17)20-14(11)16/h7H,2-6,8-10H2,1H3,(H2,17,18,20). The van der Waals surface area contributed by atoms with Gasteiger partial charge in [0.05, 0.1) is 12.2 Å². The summed E-state index contributed by atoms with van der Waals surface area (Å²) < 4.78 is 10.4. The summed E-state index contributed by atoms with van der Waals surface area (Å²) in [7, 11) is 1.62. The molecule has 2 aromatic rings. The van der Waals surface area contributed by atoms with Crippen LogP contribution in [-0.4, -0.2) is 45.2 Å². The lowest BCUT2D eigenvalue weighted by molar-refractivity contribution is 0.123. The van der Waals surface area contributed by atoms with Gasteiger partial charge in [0.2, 0.25) is 11.8 Å². The average molecular weight is 330 g/mol. The third kappa shape index (κ3) is 2.76. The first-order valence-electron chi connectivity index (χ1n) is 8.33. The van der Waals surface area contributed by atoms with Crippen LogP contribution in [0.3, 0.4) is 0 Å². The van der Waals surface area contributed by atoms with Crippen molar-refractivity contribution in [1.82, 2.24) is 25.0 Å². The predicted molar refractivity (Wildman–Crippen MR) is 86.0 cm³/mol. The number of likely N-dealkylation sites (tertiary alicyclic amines) is 1. The minimum absolute atomic E-state index is 0.0834. The Morgan fingerprint density at radius 1 is 1.38 bits per heavy atom. The first-order valence-corrected chi connectivity index (χ1v) is 8.33. The van der Waals surface area contributed by atoms with Gasteiger partial charge in [0.15, 0.2) is 5.82 Å². The molecule has 2 aromatic heterocycles. The highest BCUT2D eigenvalue weighted by atomic mass is 16.5. The van der Waals surface area contributed by atoms with Gasteiger partial charge in [-0.2, -0.15) is 4.98 Å². The van der Waals surface area contributed by atoms with Crippen LogP contribution in [0.25, 0.3) is 0 Å². The van der Waals surface area contributed by atoms with Crippen LogP contribution in [0, 0.1) is 0 Å². The molecular weight excluding hydrogens is 308 g/mol. The van der Waals surface area contributed by atoms with Crippen molar-refractivity contribution in [2.45, 2.75) is 44.2 Å². The minimum Gasteiger partial charge on any atom is -0.377 e. The van der Waals surface area contributed by atoms with E-state index in [1.165, 1.54) is 5.56 Å². The Kier molecular flexibility index (Phi) is 3.93. The van der Waals surface area contributed by atoms with E-state index in [1.54, 1.807) is 7.11 Å². The summed E-state index contributed by atoms with van der Waals surface area (Å²) >= 11 is 0. The number of aryl methyl sites for hydroxylation is 1. The lowest BCUT2D eigenvalue weighted by Gasteiger charge is -2.40. The van der Waals surface area contributed by atoms with Gasteiger partial charge < -0.3 is 15.0 Å². The van der Waals surface area contributed by atoms with Crippen LogP contribution in [0.15, 0.2) is 10.7 Å². The molecule has 128 valence electrons. The molecule has 0 radical (unpaired) electrons. The van der Waals surface area contributed by atoms with E-state index in [9.17, 15) is 0 Å². The van der Waals surface area contributed by atoms with Gasteiger partial charge in [0.25, 0.3) is 0 Å². The molecular formula is C16H22N6O2. The summed E-state index contributed by atoms with van der Waals surface area (Å²) in [6, 6.07) is 0. The number of ether oxygens (including phenoxy) is 1. The smallest absolute Gasteiger partial charge is 0.240 e. The second-order valence-corrected chi connectivity index (χ2v) is 6.73. The summed E-state index contributed by atoms with van der Waals surface area (Å²) in [5.41, 5.74) is 8.30. The zero-order chi connectivity index (χ0) is 16.6. The van der Waals surface area contributed by atoms with E-state index in [-0.39, 0.29) is 5.41 Å². The van der Waals surface area contributed by atoms with Crippen molar-refractivity contribution in [2.75, 3.05) is 25.9 Å². The molecule has 1 fully saturated rings. The summed E-state index contributed by atoms with van der Waals surface area (Å²) in [5.74, 6) is 1.60. The molecule has 0 bridgehead atoms. The molecule has 8 nitrogen and oxygen atoms in total. The maximum atomic E-state index is 5.83. The zero-order valence-electron chi connectivity index (χ0n) is 13.9. The Bertz CT molecular complexity index is 729. The molecule has 3 heterocycles. The number of hydrogen-bond donors (Lipinski definition) is 1. The van der Waals surface area contributed by atoms with Gasteiger partial charge in [-0.25, -0.2) is 9.97 Å². The number of piperidine rings is 1. The Morgan fingerprint density at radius 2 is 2.29 bits per heavy atom. The van der Waals surface area contributed by atoms with Crippen molar-refractivity contribution in [2.24, 2.45) is 0 Å². The molecule has 1 aliphatic carbocycles. The highest BCUT2D eigenvalue weighted by Gasteiger charge is 2.43. The molecule has 0 aromatic carbocycles. The topological polar surface area (TPSA) is 103 Å². The number of rotatable bonds is 4. The SMILES string of the molecule is COCc1noc(CN2CCCC3(CCc4cnc(N)nc43)C2)n1. The fourth-order valence-corrected chi connectivity index (χ4v) is 4.05. The van der Waals surface area contributed by atoms with Gasteiger partial charge in [-0.05, 0) is 37.8 Å². The molecule has 0 saturated carbocycles. The highest BCUT2D eigenvalue weighted by molar-refractivity contribution is 5.37. The number of nitrogens with two attached hydrogens (primary N) is 1. The van der Waals surface area contributed by atoms with Crippen molar-refractivity contribution in [3.05, 3.63) is 29.2 Å². The van der Waals surface area contributed by atoms with Crippen molar-refractivity contribution in [3.63, 3.8) is 0 Å². The number of hydrogen-bond acceptors (Lipinski definition) is 8. The lowest BCUT2D eigenvalue weighted by Crippen LogP contribution is -2.45. The van der Waals surface area contributed by atoms with Gasteiger partial charge in [-0.15, -0.1) is 0 Å². The molecule has 1 aliphatic heterocycles. The minimum atomic E-state index is 0.0834. The molecule has 1 saturated heterocycles. The van der Waals surface area contributed by atoms with E-state index in [2.05, 4.69) is 25.0 Å². The van der Waals surface area contributed by atoms with Crippen LogP contribution in [-0.2, 0) is 29.7 Å². The van der Waals surface area contributed by atoms with E-state index < -0.39 is 0 Å². The maximum Gasteiger partial charge on any atom is 0.240 e. The van der Waals surface area contributed by atoms with Gasteiger partial charge in [0.1, 0.15) is 6.61 Å². The van der Waals surface area contributed by atoms with E-state index in [1.807, 2.05) is 6.20 Å². The fraction of sp³-hybridized carbons (Fsp3) is 0.625. The zero-order valence-corrected chi connectivity index (χ0v) is 13.9. The second kappa shape index (κ2) is 6.10. The largest absolute Gasteiger partial charge is 0.377 e. The molecule has 1 atom stereocenters. The van der Waals surface area contributed by atoms with Crippen LogP contribution in [0.2, 0.25) is 0 Å². The summed E-state index contributed by atoms with van der Waals surface area (Å²) in [6.07, 6.45) is 6.30. The number of nitrogens with zero attached hydrogens (tertiary/aromatic N) is 5. The van der Waals surface area contributed by atoms with Crippen LogP contribution >= 0.6 is 0 Å². The van der Waals surface area contributed by atoms with Crippen LogP contribution in [0.1, 0.15) is 42.2 Å². The van der Waals surface area contributed by atoms with Gasteiger partial charge in [-0.3, -0.25) is 4.90 Å². The third-order valence-corrected chi connectivity index (χ3v) is 5.06. The Balaban J connectivity index is 1.51. The molecule has 4 rings (SSSR count). The van der Waals surface area contributed by atoms with E-state index in [4.69, 9.17) is 15.0 Å². The lowest BCUT2D eigenvalue weighted by atomic mass is 9.77. The Morgan fingerprint density at radius 3 is 3.17 bits per heavy atom. The number of methoxy groups -OCH3 is 1. The molecule has 1 unspecified atom stereocenters. The highest BCUT2D eigenvalue weighted by Crippen LogP contribution is 2.44. The molecule has 0 amide bonds. The quantitative estimate of drug-likeness (QED) is 0.888. The maximum absolute atomic E-state index is 5.83. The van der Waals surface area contributed by atoms with Gasteiger partial charge in [-0.1, -0.05) is 5.16 Å². The number of anilines is 1. The van der Waals surface area contributed by atoms with E-state index in [0.29, 0.717) is 30.8 Å². The normalized spacial score (nSPS) is 23.7. The van der Waals surface area contributed by atoms with Crippen LogP contribution < -0.4 is 5.73 Å². The Labute approximate surface area is 140 Å². The number of aromatic nitrogens is 4. The van der Waals surface area contributed by atoms with Crippen molar-refractivity contribution in [1.29, 1.82) is 0 Å². The number of fused-ring (bicyclic) bond motifs is 2. The van der Waals surface area contributed by atoms with E-state index >= 15 is 0 Å². The second-order valence-electron chi connectivity index (χ2n) is 6.73. The summed E-state index contributed by atoms with van der Waals surface area (Å²) in [5, 5.41) is 3.93. The molecule has 1 spiro atoms. The average Bonchev–Trinajstić information content (AvgIpc) is 3.14. The summed E-state index contributed by atoms with van der Waals surface area (Å²) in [4.78, 5) is 15.5. The molecule has 24 heavy (non-hydrogen) atoms. The molecule has 2 N–H and O–H groups in total. The monoisotopic (exact) mass is 330 g/mol. The third-order valence-electron chi connectivity index (χ3n) is 5.06.